The Morgan fingerprint density at radius 2 is 2.00 bits per heavy atom. The van der Waals surface area contributed by atoms with Crippen LogP contribution in [0.2, 0.25) is 5.02 Å². The van der Waals surface area contributed by atoms with Crippen molar-refractivity contribution in [3.63, 3.8) is 0 Å². The lowest BCUT2D eigenvalue weighted by Crippen LogP contribution is -2.05. The Labute approximate surface area is 109 Å². The van der Waals surface area contributed by atoms with Gasteiger partial charge < -0.3 is 10.5 Å². The lowest BCUT2D eigenvalue weighted by atomic mass is 10.2. The molecule has 0 radical (unpaired) electrons. The molecule has 0 aliphatic carbocycles. The van der Waals surface area contributed by atoms with Gasteiger partial charge in [0.2, 0.25) is 5.88 Å². The molecule has 2 rings (SSSR count). The van der Waals surface area contributed by atoms with Gasteiger partial charge in [-0.25, -0.2) is 9.37 Å². The highest BCUT2D eigenvalue weighted by molar-refractivity contribution is 6.30. The highest BCUT2D eigenvalue weighted by Crippen LogP contribution is 2.17. The number of halogens is 2. The molecule has 0 saturated heterocycles. The molecule has 0 aliphatic heterocycles. The van der Waals surface area contributed by atoms with E-state index in [1.807, 2.05) is 12.1 Å². The van der Waals surface area contributed by atoms with Crippen molar-refractivity contribution in [1.82, 2.24) is 4.98 Å². The maximum absolute atomic E-state index is 13.0. The van der Waals surface area contributed by atoms with E-state index in [2.05, 4.69) is 4.98 Å². The molecule has 2 N–H and O–H groups in total. The quantitative estimate of drug-likeness (QED) is 0.926. The van der Waals surface area contributed by atoms with E-state index in [-0.39, 0.29) is 6.54 Å². The van der Waals surface area contributed by atoms with E-state index < -0.39 is 5.82 Å². The van der Waals surface area contributed by atoms with Crippen molar-refractivity contribution in [2.75, 3.05) is 0 Å². The first-order valence-corrected chi connectivity index (χ1v) is 5.78. The smallest absolute Gasteiger partial charge is 0.218 e. The summed E-state index contributed by atoms with van der Waals surface area (Å²) in [5.74, 6) is -0.0665. The van der Waals surface area contributed by atoms with E-state index in [1.165, 1.54) is 6.07 Å². The summed E-state index contributed by atoms with van der Waals surface area (Å²) in [5.41, 5.74) is 7.00. The van der Waals surface area contributed by atoms with E-state index in [0.29, 0.717) is 23.1 Å². The van der Waals surface area contributed by atoms with E-state index in [1.54, 1.807) is 12.1 Å². The van der Waals surface area contributed by atoms with Crippen LogP contribution in [0.5, 0.6) is 5.88 Å². The summed E-state index contributed by atoms with van der Waals surface area (Å²) in [4.78, 5) is 3.88. The van der Waals surface area contributed by atoms with Gasteiger partial charge in [-0.1, -0.05) is 23.7 Å². The predicted molar refractivity (Wildman–Crippen MR) is 67.9 cm³/mol. The normalized spacial score (nSPS) is 10.4. The van der Waals surface area contributed by atoms with Crippen LogP contribution in [0.3, 0.4) is 0 Å². The molecular formula is C13H12ClFN2O. The third-order valence-electron chi connectivity index (χ3n) is 2.40. The maximum Gasteiger partial charge on any atom is 0.218 e. The number of aromatic nitrogens is 1. The lowest BCUT2D eigenvalue weighted by molar-refractivity contribution is 0.289. The number of benzene rings is 1. The lowest BCUT2D eigenvalue weighted by Gasteiger charge is -2.09. The zero-order valence-electron chi connectivity index (χ0n) is 9.57. The first-order valence-electron chi connectivity index (χ1n) is 5.41. The molecule has 94 valence electrons. The van der Waals surface area contributed by atoms with Crippen molar-refractivity contribution >= 4 is 11.6 Å². The third kappa shape index (κ3) is 3.18. The van der Waals surface area contributed by atoms with Gasteiger partial charge in [0.05, 0.1) is 6.20 Å². The summed E-state index contributed by atoms with van der Waals surface area (Å²) in [7, 11) is 0. The number of pyridine rings is 1. The average Bonchev–Trinajstić information content (AvgIpc) is 2.39. The van der Waals surface area contributed by atoms with Gasteiger partial charge in [0.25, 0.3) is 0 Å². The zero-order valence-corrected chi connectivity index (χ0v) is 10.3. The summed E-state index contributed by atoms with van der Waals surface area (Å²) < 4.78 is 18.5. The summed E-state index contributed by atoms with van der Waals surface area (Å²) in [6.45, 7) is 0.517. The molecule has 18 heavy (non-hydrogen) atoms. The number of hydrogen-bond donors (Lipinski definition) is 1. The van der Waals surface area contributed by atoms with Crippen LogP contribution in [0.1, 0.15) is 11.1 Å². The number of nitrogens with two attached hydrogens (primary N) is 1. The molecule has 0 aliphatic rings. The molecule has 0 bridgehead atoms. The summed E-state index contributed by atoms with van der Waals surface area (Å²) in [5, 5.41) is 0.668. The fourth-order valence-electron chi connectivity index (χ4n) is 1.48. The Kier molecular flexibility index (Phi) is 4.12. The predicted octanol–water partition coefficient (Wildman–Crippen LogP) is 2.91. The van der Waals surface area contributed by atoms with Crippen molar-refractivity contribution in [3.05, 3.63) is 58.5 Å². The molecule has 0 unspecified atom stereocenters. The van der Waals surface area contributed by atoms with Crippen molar-refractivity contribution in [1.29, 1.82) is 0 Å². The van der Waals surface area contributed by atoms with Crippen LogP contribution >= 0.6 is 11.6 Å². The van der Waals surface area contributed by atoms with Crippen molar-refractivity contribution in [2.24, 2.45) is 5.73 Å². The van der Waals surface area contributed by atoms with Gasteiger partial charge in [0.15, 0.2) is 0 Å². The molecule has 0 atom stereocenters. The van der Waals surface area contributed by atoms with Crippen molar-refractivity contribution in [3.8, 4) is 5.88 Å². The fourth-order valence-corrected chi connectivity index (χ4v) is 1.60. The molecule has 0 spiro atoms. The van der Waals surface area contributed by atoms with Gasteiger partial charge in [0.1, 0.15) is 12.4 Å². The SMILES string of the molecule is NCc1cc(F)cnc1OCc1ccc(Cl)cc1. The average molecular weight is 267 g/mol. The molecule has 1 aromatic carbocycles. The molecule has 3 nitrogen and oxygen atoms in total. The second-order valence-electron chi connectivity index (χ2n) is 3.74. The van der Waals surface area contributed by atoms with Crippen LogP contribution in [0.15, 0.2) is 36.5 Å². The van der Waals surface area contributed by atoms with Crippen LogP contribution < -0.4 is 10.5 Å². The highest BCUT2D eigenvalue weighted by atomic mass is 35.5. The standard InChI is InChI=1S/C13H12ClFN2O/c14-11-3-1-9(2-4-11)8-18-13-10(6-16)5-12(15)7-17-13/h1-5,7H,6,8,16H2. The van der Waals surface area contributed by atoms with E-state index in [4.69, 9.17) is 22.1 Å². The van der Waals surface area contributed by atoms with E-state index in [0.717, 1.165) is 11.8 Å². The molecule has 0 fully saturated rings. The first-order chi connectivity index (χ1) is 8.69. The monoisotopic (exact) mass is 266 g/mol. The van der Waals surface area contributed by atoms with Gasteiger partial charge in [-0.2, -0.15) is 0 Å². The minimum absolute atomic E-state index is 0.181. The minimum Gasteiger partial charge on any atom is -0.473 e. The summed E-state index contributed by atoms with van der Waals surface area (Å²) in [6, 6.07) is 8.59. The van der Waals surface area contributed by atoms with E-state index >= 15 is 0 Å². The molecule has 1 aromatic heterocycles. The van der Waals surface area contributed by atoms with Crippen LogP contribution in [-0.2, 0) is 13.2 Å². The molecule has 1 heterocycles. The van der Waals surface area contributed by atoms with Crippen molar-refractivity contribution < 1.29 is 9.13 Å². The van der Waals surface area contributed by atoms with Gasteiger partial charge in [0, 0.05) is 17.1 Å². The van der Waals surface area contributed by atoms with Crippen LogP contribution in [0.25, 0.3) is 0 Å². The van der Waals surface area contributed by atoms with Gasteiger partial charge in [-0.05, 0) is 23.8 Å². The topological polar surface area (TPSA) is 48.1 Å². The largest absolute Gasteiger partial charge is 0.473 e. The number of rotatable bonds is 4. The van der Waals surface area contributed by atoms with Crippen LogP contribution in [-0.4, -0.2) is 4.98 Å². The van der Waals surface area contributed by atoms with Crippen LogP contribution in [0.4, 0.5) is 4.39 Å². The number of ether oxygens (including phenoxy) is 1. The summed E-state index contributed by atoms with van der Waals surface area (Å²) in [6.07, 6.45) is 1.11. The third-order valence-corrected chi connectivity index (χ3v) is 2.65. The second-order valence-corrected chi connectivity index (χ2v) is 4.17. The molecule has 0 amide bonds. The Morgan fingerprint density at radius 3 is 2.67 bits per heavy atom. The Hall–Kier alpha value is -1.65. The van der Waals surface area contributed by atoms with Gasteiger partial charge in [-0.15, -0.1) is 0 Å². The minimum atomic E-state index is -0.422. The van der Waals surface area contributed by atoms with Gasteiger partial charge in [-0.3, -0.25) is 0 Å². The number of nitrogens with zero attached hydrogens (tertiary/aromatic N) is 1. The first kappa shape index (κ1) is 12.8. The van der Waals surface area contributed by atoms with Crippen molar-refractivity contribution in [2.45, 2.75) is 13.2 Å². The number of hydrogen-bond acceptors (Lipinski definition) is 3. The molecule has 5 heteroatoms. The summed E-state index contributed by atoms with van der Waals surface area (Å²) >= 11 is 5.78. The fraction of sp³-hybridized carbons (Fsp3) is 0.154. The van der Waals surface area contributed by atoms with E-state index in [9.17, 15) is 4.39 Å². The zero-order chi connectivity index (χ0) is 13.0. The van der Waals surface area contributed by atoms with Crippen LogP contribution in [0, 0.1) is 5.82 Å². The molecular weight excluding hydrogens is 255 g/mol. The Morgan fingerprint density at radius 1 is 1.28 bits per heavy atom. The van der Waals surface area contributed by atoms with Gasteiger partial charge >= 0.3 is 0 Å². The Bertz CT molecular complexity index is 531. The maximum atomic E-state index is 13.0. The molecule has 0 saturated carbocycles. The Balaban J connectivity index is 2.08. The molecule has 2 aromatic rings. The highest BCUT2D eigenvalue weighted by Gasteiger charge is 2.06. The second kappa shape index (κ2) is 5.80.